The molecule has 15 heavy (non-hydrogen) atoms. The van der Waals surface area contributed by atoms with Gasteiger partial charge in [0, 0.05) is 37.7 Å². The number of nitrogens with zero attached hydrogens (tertiary/aromatic N) is 1. The molecule has 0 aromatic carbocycles. The van der Waals surface area contributed by atoms with Gasteiger partial charge in [0.1, 0.15) is 0 Å². The smallest absolute Gasteiger partial charge is 0.0480 e. The first-order valence-electron chi connectivity index (χ1n) is 5.60. The lowest BCUT2D eigenvalue weighted by molar-refractivity contribution is 0.0754. The zero-order chi connectivity index (χ0) is 10.5. The Kier molecular flexibility index (Phi) is 3.69. The van der Waals surface area contributed by atoms with Crippen molar-refractivity contribution in [2.24, 2.45) is 0 Å². The minimum Gasteiger partial charge on any atom is -0.381 e. The van der Waals surface area contributed by atoms with Crippen molar-refractivity contribution in [1.82, 2.24) is 10.3 Å². The fourth-order valence-corrected chi connectivity index (χ4v) is 1.95. The molecule has 1 fully saturated rings. The van der Waals surface area contributed by atoms with Crippen molar-refractivity contribution >= 4 is 0 Å². The molecule has 0 unspecified atom stereocenters. The first kappa shape index (κ1) is 10.6. The van der Waals surface area contributed by atoms with Gasteiger partial charge >= 0.3 is 0 Å². The van der Waals surface area contributed by atoms with Gasteiger partial charge in [0.25, 0.3) is 0 Å². The van der Waals surface area contributed by atoms with Gasteiger partial charge in [-0.1, -0.05) is 6.07 Å². The van der Waals surface area contributed by atoms with E-state index in [9.17, 15) is 0 Å². The van der Waals surface area contributed by atoms with Crippen LogP contribution in [0.15, 0.2) is 24.5 Å². The highest BCUT2D eigenvalue weighted by Gasteiger charge is 2.16. The molecule has 1 atom stereocenters. The minimum atomic E-state index is 0.377. The summed E-state index contributed by atoms with van der Waals surface area (Å²) < 4.78 is 5.33. The van der Waals surface area contributed by atoms with E-state index in [1.54, 1.807) is 0 Å². The van der Waals surface area contributed by atoms with Crippen LogP contribution in [0.5, 0.6) is 0 Å². The van der Waals surface area contributed by atoms with Gasteiger partial charge in [-0.3, -0.25) is 4.98 Å². The molecule has 1 aliphatic rings. The quantitative estimate of drug-likeness (QED) is 0.820. The lowest BCUT2D eigenvalue weighted by Crippen LogP contribution is -2.36. The van der Waals surface area contributed by atoms with E-state index in [-0.39, 0.29) is 0 Å². The third-order valence-corrected chi connectivity index (χ3v) is 2.89. The molecule has 3 nitrogen and oxygen atoms in total. The average Bonchev–Trinajstić information content (AvgIpc) is 2.31. The molecule has 1 aromatic heterocycles. The number of hydrogen-bond donors (Lipinski definition) is 1. The molecule has 0 bridgehead atoms. The Morgan fingerprint density at radius 1 is 1.47 bits per heavy atom. The molecule has 1 aromatic rings. The highest BCUT2D eigenvalue weighted by Crippen LogP contribution is 2.15. The second-order valence-electron chi connectivity index (χ2n) is 4.06. The zero-order valence-electron chi connectivity index (χ0n) is 9.15. The van der Waals surface area contributed by atoms with Crippen LogP contribution < -0.4 is 5.32 Å². The maximum atomic E-state index is 5.33. The van der Waals surface area contributed by atoms with Crippen molar-refractivity contribution < 1.29 is 4.74 Å². The van der Waals surface area contributed by atoms with E-state index in [2.05, 4.69) is 23.3 Å². The number of hydrogen-bond acceptors (Lipinski definition) is 3. The highest BCUT2D eigenvalue weighted by atomic mass is 16.5. The van der Waals surface area contributed by atoms with E-state index in [1.165, 1.54) is 5.56 Å². The Bertz CT molecular complexity index is 283. The van der Waals surface area contributed by atoms with Crippen molar-refractivity contribution in [3.05, 3.63) is 30.1 Å². The lowest BCUT2D eigenvalue weighted by atomic mass is 10.1. The Hall–Kier alpha value is -0.930. The molecule has 1 aliphatic heterocycles. The van der Waals surface area contributed by atoms with Crippen molar-refractivity contribution in [3.63, 3.8) is 0 Å². The number of aromatic nitrogens is 1. The first-order valence-corrected chi connectivity index (χ1v) is 5.60. The van der Waals surface area contributed by atoms with Gasteiger partial charge in [0.2, 0.25) is 0 Å². The Balaban J connectivity index is 1.88. The van der Waals surface area contributed by atoms with E-state index >= 15 is 0 Å². The average molecular weight is 206 g/mol. The summed E-state index contributed by atoms with van der Waals surface area (Å²) in [6, 6.07) is 5.07. The molecule has 1 saturated heterocycles. The molecule has 0 spiro atoms. The van der Waals surface area contributed by atoms with Crippen LogP contribution in [0.4, 0.5) is 0 Å². The summed E-state index contributed by atoms with van der Waals surface area (Å²) in [5, 5.41) is 3.62. The molecular weight excluding hydrogens is 188 g/mol. The summed E-state index contributed by atoms with van der Waals surface area (Å²) in [5.41, 5.74) is 1.25. The van der Waals surface area contributed by atoms with Gasteiger partial charge in [0.15, 0.2) is 0 Å². The number of ether oxygens (including phenoxy) is 1. The van der Waals surface area contributed by atoms with E-state index in [4.69, 9.17) is 4.74 Å². The fraction of sp³-hybridized carbons (Fsp3) is 0.583. The van der Waals surface area contributed by atoms with Crippen LogP contribution in [-0.2, 0) is 4.74 Å². The molecule has 0 amide bonds. The summed E-state index contributed by atoms with van der Waals surface area (Å²) in [6.07, 6.45) is 5.97. The Labute approximate surface area is 90.9 Å². The zero-order valence-corrected chi connectivity index (χ0v) is 9.15. The number of nitrogens with one attached hydrogen (secondary N) is 1. The van der Waals surface area contributed by atoms with Crippen molar-refractivity contribution in [1.29, 1.82) is 0 Å². The van der Waals surface area contributed by atoms with Crippen molar-refractivity contribution in [2.45, 2.75) is 31.8 Å². The molecule has 2 heterocycles. The van der Waals surface area contributed by atoms with E-state index in [0.29, 0.717) is 12.1 Å². The summed E-state index contributed by atoms with van der Waals surface area (Å²) in [5.74, 6) is 0. The van der Waals surface area contributed by atoms with Crippen LogP contribution in [0.25, 0.3) is 0 Å². The maximum absolute atomic E-state index is 5.33. The molecule has 0 saturated carbocycles. The lowest BCUT2D eigenvalue weighted by Gasteiger charge is -2.26. The van der Waals surface area contributed by atoms with Crippen LogP contribution >= 0.6 is 0 Å². The van der Waals surface area contributed by atoms with Crippen LogP contribution in [0, 0.1) is 0 Å². The van der Waals surface area contributed by atoms with E-state index in [0.717, 1.165) is 26.1 Å². The van der Waals surface area contributed by atoms with Crippen molar-refractivity contribution in [2.75, 3.05) is 13.2 Å². The fourth-order valence-electron chi connectivity index (χ4n) is 1.95. The molecule has 2 rings (SSSR count). The summed E-state index contributed by atoms with van der Waals surface area (Å²) in [6.45, 7) is 3.96. The summed E-state index contributed by atoms with van der Waals surface area (Å²) in [7, 11) is 0. The van der Waals surface area contributed by atoms with Gasteiger partial charge in [0.05, 0.1) is 0 Å². The van der Waals surface area contributed by atoms with Crippen LogP contribution in [0.2, 0.25) is 0 Å². The summed E-state index contributed by atoms with van der Waals surface area (Å²) in [4.78, 5) is 4.13. The number of rotatable bonds is 3. The monoisotopic (exact) mass is 206 g/mol. The maximum Gasteiger partial charge on any atom is 0.0480 e. The Morgan fingerprint density at radius 2 is 2.27 bits per heavy atom. The Morgan fingerprint density at radius 3 is 2.93 bits per heavy atom. The molecule has 82 valence electrons. The summed E-state index contributed by atoms with van der Waals surface area (Å²) >= 11 is 0. The van der Waals surface area contributed by atoms with E-state index < -0.39 is 0 Å². The third-order valence-electron chi connectivity index (χ3n) is 2.89. The third kappa shape index (κ3) is 3.01. The van der Waals surface area contributed by atoms with Gasteiger partial charge in [-0.15, -0.1) is 0 Å². The van der Waals surface area contributed by atoms with Crippen LogP contribution in [0.3, 0.4) is 0 Å². The largest absolute Gasteiger partial charge is 0.381 e. The predicted octanol–water partition coefficient (Wildman–Crippen LogP) is 1.91. The molecular formula is C12H18N2O. The van der Waals surface area contributed by atoms with Crippen LogP contribution in [-0.4, -0.2) is 24.2 Å². The second-order valence-corrected chi connectivity index (χ2v) is 4.06. The first-order chi connectivity index (χ1) is 7.36. The van der Waals surface area contributed by atoms with Gasteiger partial charge < -0.3 is 10.1 Å². The van der Waals surface area contributed by atoms with E-state index in [1.807, 2.05) is 18.5 Å². The van der Waals surface area contributed by atoms with Gasteiger partial charge in [-0.2, -0.15) is 0 Å². The van der Waals surface area contributed by atoms with Gasteiger partial charge in [-0.05, 0) is 31.4 Å². The molecule has 0 aliphatic carbocycles. The molecule has 0 radical (unpaired) electrons. The highest BCUT2D eigenvalue weighted by molar-refractivity contribution is 5.12. The molecule has 1 N–H and O–H groups in total. The SMILES string of the molecule is C[C@H](NC1CCOCC1)c1cccnc1. The normalized spacial score (nSPS) is 20.1. The second kappa shape index (κ2) is 5.24. The topological polar surface area (TPSA) is 34.1 Å². The van der Waals surface area contributed by atoms with Crippen molar-refractivity contribution in [3.8, 4) is 0 Å². The number of pyridine rings is 1. The van der Waals surface area contributed by atoms with Crippen LogP contribution in [0.1, 0.15) is 31.4 Å². The molecule has 3 heteroatoms. The van der Waals surface area contributed by atoms with Gasteiger partial charge in [-0.25, -0.2) is 0 Å². The predicted molar refractivity (Wildman–Crippen MR) is 59.6 cm³/mol. The standard InChI is InChI=1S/C12H18N2O/c1-10(11-3-2-6-13-9-11)14-12-4-7-15-8-5-12/h2-3,6,9-10,12,14H,4-5,7-8H2,1H3/t10-/m0/s1. The minimum absolute atomic E-state index is 0.377.